The van der Waals surface area contributed by atoms with Gasteiger partial charge >= 0.3 is 8.60 Å². The summed E-state index contributed by atoms with van der Waals surface area (Å²) in [5.74, 6) is 1.78. The zero-order valence-electron chi connectivity index (χ0n) is 15.2. The smallest absolute Gasteiger partial charge is 0.409 e. The lowest BCUT2D eigenvalue weighted by Gasteiger charge is -2.19. The van der Waals surface area contributed by atoms with Crippen molar-refractivity contribution >= 4 is 8.60 Å². The van der Waals surface area contributed by atoms with Crippen molar-refractivity contribution in [3.63, 3.8) is 0 Å². The van der Waals surface area contributed by atoms with Gasteiger partial charge in [0.1, 0.15) is 17.3 Å². The van der Waals surface area contributed by atoms with Crippen molar-refractivity contribution in [2.24, 2.45) is 0 Å². The number of allylic oxidation sites excluding steroid dienone is 12. The highest BCUT2D eigenvalue weighted by atomic mass is 31.2. The Bertz CT molecular complexity index is 569. The van der Waals surface area contributed by atoms with Gasteiger partial charge in [0.05, 0.1) is 0 Å². The fourth-order valence-electron chi connectivity index (χ4n) is 1.33. The molecule has 0 fully saturated rings. The molecule has 0 bridgehead atoms. The molecule has 0 radical (unpaired) electrons. The second-order valence-corrected chi connectivity index (χ2v) is 5.36. The molecule has 0 unspecified atom stereocenters. The lowest BCUT2D eigenvalue weighted by molar-refractivity contribution is 0.271. The van der Waals surface area contributed by atoms with Gasteiger partial charge in [-0.3, -0.25) is 0 Å². The molecule has 134 valence electrons. The SMILES string of the molecule is C=C/C=C\C(=C/C)OP(O/C(C=C)=C/C=C\C)OC(/C=C\C=C)=C/C. The third kappa shape index (κ3) is 10.8. The van der Waals surface area contributed by atoms with E-state index in [2.05, 4.69) is 19.7 Å². The quantitative estimate of drug-likeness (QED) is 0.210. The van der Waals surface area contributed by atoms with Crippen molar-refractivity contribution in [2.45, 2.75) is 20.8 Å². The van der Waals surface area contributed by atoms with Crippen molar-refractivity contribution in [1.82, 2.24) is 0 Å². The molecule has 0 saturated carbocycles. The van der Waals surface area contributed by atoms with Crippen LogP contribution in [0.4, 0.5) is 0 Å². The van der Waals surface area contributed by atoms with Gasteiger partial charge in [-0.05, 0) is 57.2 Å². The van der Waals surface area contributed by atoms with Gasteiger partial charge in [0.2, 0.25) is 0 Å². The first kappa shape index (κ1) is 22.5. The van der Waals surface area contributed by atoms with Crippen LogP contribution in [0.5, 0.6) is 0 Å². The van der Waals surface area contributed by atoms with Crippen molar-refractivity contribution in [1.29, 1.82) is 0 Å². The maximum Gasteiger partial charge on any atom is 0.530 e. The summed E-state index contributed by atoms with van der Waals surface area (Å²) >= 11 is 0. The van der Waals surface area contributed by atoms with E-state index in [0.717, 1.165) is 0 Å². The van der Waals surface area contributed by atoms with Gasteiger partial charge in [-0.1, -0.05) is 56.2 Å². The van der Waals surface area contributed by atoms with E-state index >= 15 is 0 Å². The largest absolute Gasteiger partial charge is 0.530 e. The summed E-state index contributed by atoms with van der Waals surface area (Å²) in [6.45, 7) is 16.7. The Hall–Kier alpha value is -2.51. The summed E-state index contributed by atoms with van der Waals surface area (Å²) in [7, 11) is -1.73. The summed E-state index contributed by atoms with van der Waals surface area (Å²) in [6, 6.07) is 0. The van der Waals surface area contributed by atoms with Crippen molar-refractivity contribution in [3.05, 3.63) is 110 Å². The number of rotatable bonds is 12. The average molecular weight is 358 g/mol. The molecule has 0 aliphatic rings. The van der Waals surface area contributed by atoms with Crippen molar-refractivity contribution in [2.75, 3.05) is 0 Å². The van der Waals surface area contributed by atoms with Gasteiger partial charge in [-0.15, -0.1) is 0 Å². The van der Waals surface area contributed by atoms with Crippen molar-refractivity contribution < 1.29 is 13.6 Å². The van der Waals surface area contributed by atoms with Crippen LogP contribution in [0.15, 0.2) is 110 Å². The van der Waals surface area contributed by atoms with Crippen LogP contribution in [0.1, 0.15) is 20.8 Å². The highest BCUT2D eigenvalue weighted by Crippen LogP contribution is 2.47. The summed E-state index contributed by atoms with van der Waals surface area (Å²) in [5, 5.41) is 0. The molecule has 0 aromatic rings. The van der Waals surface area contributed by atoms with Crippen LogP contribution in [-0.4, -0.2) is 0 Å². The van der Waals surface area contributed by atoms with Gasteiger partial charge in [-0.2, -0.15) is 0 Å². The molecule has 3 nitrogen and oxygen atoms in total. The highest BCUT2D eigenvalue weighted by molar-refractivity contribution is 7.42. The molecule has 4 heteroatoms. The first-order valence-electron chi connectivity index (χ1n) is 7.85. The summed E-state index contributed by atoms with van der Waals surface area (Å²) in [5.41, 5.74) is 0. The molecule has 0 aliphatic carbocycles. The minimum absolute atomic E-state index is 0.551. The second-order valence-electron chi connectivity index (χ2n) is 4.37. The molecule has 0 heterocycles. The average Bonchev–Trinajstić information content (AvgIpc) is 2.64. The minimum Gasteiger partial charge on any atom is -0.409 e. The van der Waals surface area contributed by atoms with Crippen LogP contribution >= 0.6 is 8.60 Å². The third-order valence-corrected chi connectivity index (χ3v) is 3.64. The fraction of sp³-hybridized carbons (Fsp3) is 0.143. The lowest BCUT2D eigenvalue weighted by atomic mass is 10.4. The topological polar surface area (TPSA) is 27.7 Å². The molecular weight excluding hydrogens is 331 g/mol. The van der Waals surface area contributed by atoms with Crippen molar-refractivity contribution in [3.8, 4) is 0 Å². The molecule has 0 N–H and O–H groups in total. The molecule has 0 amide bonds. The third-order valence-electron chi connectivity index (χ3n) is 2.56. The van der Waals surface area contributed by atoms with E-state index in [4.69, 9.17) is 13.6 Å². The molecule has 0 aliphatic heterocycles. The molecule has 0 rings (SSSR count). The van der Waals surface area contributed by atoms with E-state index in [9.17, 15) is 0 Å². The van der Waals surface area contributed by atoms with Crippen LogP contribution in [0.25, 0.3) is 0 Å². The molecule has 0 aromatic heterocycles. The molecule has 0 aromatic carbocycles. The van der Waals surface area contributed by atoms with Crippen LogP contribution in [-0.2, 0) is 13.6 Å². The van der Waals surface area contributed by atoms with Crippen LogP contribution in [0, 0.1) is 0 Å². The molecular formula is C21H27O3P. The van der Waals surface area contributed by atoms with E-state index in [1.807, 2.05) is 45.1 Å². The fourth-order valence-corrected chi connectivity index (χ4v) is 2.42. The normalized spacial score (nSPS) is 14.8. The Labute approximate surface area is 153 Å². The Morgan fingerprint density at radius 2 is 1.20 bits per heavy atom. The van der Waals surface area contributed by atoms with Gasteiger partial charge < -0.3 is 13.6 Å². The zero-order valence-corrected chi connectivity index (χ0v) is 16.1. The van der Waals surface area contributed by atoms with Crippen LogP contribution in [0.3, 0.4) is 0 Å². The Kier molecular flexibility index (Phi) is 13.5. The van der Waals surface area contributed by atoms with Crippen LogP contribution in [0.2, 0.25) is 0 Å². The maximum atomic E-state index is 5.86. The maximum absolute atomic E-state index is 5.86. The van der Waals surface area contributed by atoms with Gasteiger partial charge in [0.25, 0.3) is 0 Å². The van der Waals surface area contributed by atoms with E-state index in [1.54, 1.807) is 48.6 Å². The summed E-state index contributed by atoms with van der Waals surface area (Å²) in [4.78, 5) is 0. The van der Waals surface area contributed by atoms with Crippen LogP contribution < -0.4 is 0 Å². The first-order valence-corrected chi connectivity index (χ1v) is 8.94. The summed E-state index contributed by atoms with van der Waals surface area (Å²) < 4.78 is 17.6. The molecule has 0 spiro atoms. The number of hydrogen-bond acceptors (Lipinski definition) is 3. The van der Waals surface area contributed by atoms with E-state index in [1.165, 1.54) is 0 Å². The molecule has 25 heavy (non-hydrogen) atoms. The minimum atomic E-state index is -1.73. The Balaban J connectivity index is 5.43. The van der Waals surface area contributed by atoms with Gasteiger partial charge in [0.15, 0.2) is 0 Å². The predicted molar refractivity (Wildman–Crippen MR) is 109 cm³/mol. The predicted octanol–water partition coefficient (Wildman–Crippen LogP) is 7.20. The van der Waals surface area contributed by atoms with E-state index < -0.39 is 8.60 Å². The monoisotopic (exact) mass is 358 g/mol. The Morgan fingerprint density at radius 1 is 0.720 bits per heavy atom. The van der Waals surface area contributed by atoms with Gasteiger partial charge in [0, 0.05) is 0 Å². The Morgan fingerprint density at radius 3 is 1.56 bits per heavy atom. The second kappa shape index (κ2) is 15.0. The molecule has 0 atom stereocenters. The standard InChI is InChI=1S/C21H27O3P/c1-7-13-16-19(10-4)22-25(23-20(11-5)17-14-8-2)24-21(12-6)18-15-9-3/h7-18H,1-2,6H2,3-5H3/b15-9-,16-13-,17-14-,19-10+,20-11+,21-18+. The van der Waals surface area contributed by atoms with E-state index in [0.29, 0.717) is 17.3 Å². The molecule has 0 saturated heterocycles. The van der Waals surface area contributed by atoms with Gasteiger partial charge in [-0.25, -0.2) is 0 Å². The number of hydrogen-bond donors (Lipinski definition) is 0. The lowest BCUT2D eigenvalue weighted by Crippen LogP contribution is -1.95. The zero-order chi connectivity index (χ0) is 18.9. The van der Waals surface area contributed by atoms with E-state index in [-0.39, 0.29) is 0 Å². The first-order chi connectivity index (χ1) is 12.1. The highest BCUT2D eigenvalue weighted by Gasteiger charge is 2.20. The summed E-state index contributed by atoms with van der Waals surface area (Å²) in [6.07, 6.45) is 21.2.